The molecule has 2 N–H and O–H groups in total. The summed E-state index contributed by atoms with van der Waals surface area (Å²) < 4.78 is 0. The van der Waals surface area contributed by atoms with Crippen molar-refractivity contribution in [3.05, 3.63) is 29.2 Å². The van der Waals surface area contributed by atoms with Gasteiger partial charge in [-0.3, -0.25) is 4.79 Å². The van der Waals surface area contributed by atoms with Gasteiger partial charge < -0.3 is 10.6 Å². The van der Waals surface area contributed by atoms with Crippen LogP contribution < -0.4 is 10.6 Å². The monoisotopic (exact) mass is 233 g/mol. The molecule has 90 valence electrons. The Bertz CT molecular complexity index is 426. The first-order valence-corrected chi connectivity index (χ1v) is 5.69. The Labute approximate surface area is 99.6 Å². The molecular weight excluding hydrogens is 218 g/mol. The zero-order chi connectivity index (χ0) is 12.3. The first kappa shape index (κ1) is 11.6. The Morgan fingerprint density at radius 3 is 2.53 bits per heavy atom. The van der Waals surface area contributed by atoms with Gasteiger partial charge in [-0.15, -0.1) is 4.91 Å². The Morgan fingerprint density at radius 2 is 1.94 bits per heavy atom. The van der Waals surface area contributed by atoms with Gasteiger partial charge in [-0.1, -0.05) is 12.1 Å². The van der Waals surface area contributed by atoms with Gasteiger partial charge in [0.25, 0.3) is 0 Å². The molecule has 0 bridgehead atoms. The summed E-state index contributed by atoms with van der Waals surface area (Å²) in [5.74, 6) is -0.269. The van der Waals surface area contributed by atoms with Crippen molar-refractivity contribution >= 4 is 17.3 Å². The fourth-order valence-electron chi connectivity index (χ4n) is 2.21. The molecule has 0 atom stereocenters. The highest BCUT2D eigenvalue weighted by molar-refractivity contribution is 5.77. The van der Waals surface area contributed by atoms with Gasteiger partial charge in [0.05, 0.1) is 5.69 Å². The van der Waals surface area contributed by atoms with E-state index in [0.717, 1.165) is 31.6 Å². The number of primary amides is 1. The van der Waals surface area contributed by atoms with Crippen molar-refractivity contribution in [1.29, 1.82) is 0 Å². The van der Waals surface area contributed by atoms with Crippen molar-refractivity contribution in [3.8, 4) is 0 Å². The second kappa shape index (κ2) is 4.95. The van der Waals surface area contributed by atoms with Crippen LogP contribution in [0.2, 0.25) is 0 Å². The first-order valence-electron chi connectivity index (χ1n) is 5.69. The van der Waals surface area contributed by atoms with Gasteiger partial charge in [0, 0.05) is 19.0 Å². The number of benzene rings is 1. The summed E-state index contributed by atoms with van der Waals surface area (Å²) in [6.07, 6.45) is 1.48. The van der Waals surface area contributed by atoms with E-state index >= 15 is 0 Å². The molecule has 1 aromatic rings. The molecule has 1 aliphatic heterocycles. The van der Waals surface area contributed by atoms with Crippen molar-refractivity contribution in [2.45, 2.75) is 12.8 Å². The molecule has 1 fully saturated rings. The number of nitrogens with zero attached hydrogens (tertiary/aromatic N) is 2. The van der Waals surface area contributed by atoms with Crippen LogP contribution in [-0.4, -0.2) is 19.0 Å². The summed E-state index contributed by atoms with van der Waals surface area (Å²) in [7, 11) is 0. The zero-order valence-electron chi connectivity index (χ0n) is 9.50. The highest BCUT2D eigenvalue weighted by Gasteiger charge is 2.24. The molecule has 0 saturated carbocycles. The van der Waals surface area contributed by atoms with E-state index < -0.39 is 0 Å². The van der Waals surface area contributed by atoms with Crippen molar-refractivity contribution in [2.75, 3.05) is 18.0 Å². The van der Waals surface area contributed by atoms with Crippen LogP contribution >= 0.6 is 0 Å². The van der Waals surface area contributed by atoms with Gasteiger partial charge in [-0.2, -0.15) is 0 Å². The number of carbonyl (C=O) groups excluding carboxylic acids is 1. The smallest absolute Gasteiger partial charge is 0.220 e. The summed E-state index contributed by atoms with van der Waals surface area (Å²) >= 11 is 0. The Hall–Kier alpha value is -1.91. The second-order valence-electron chi connectivity index (χ2n) is 4.24. The number of nitroso groups, excluding NO2 is 1. The molecule has 5 nitrogen and oxygen atoms in total. The van der Waals surface area contributed by atoms with E-state index in [4.69, 9.17) is 5.73 Å². The maximum Gasteiger partial charge on any atom is 0.220 e. The normalized spacial score (nSPS) is 16.8. The van der Waals surface area contributed by atoms with Crippen LogP contribution in [-0.2, 0) is 4.79 Å². The predicted octanol–water partition coefficient (Wildman–Crippen LogP) is 1.79. The van der Waals surface area contributed by atoms with E-state index in [9.17, 15) is 9.70 Å². The number of hydrogen-bond acceptors (Lipinski definition) is 4. The highest BCUT2D eigenvalue weighted by Crippen LogP contribution is 2.31. The van der Waals surface area contributed by atoms with Gasteiger partial charge >= 0.3 is 0 Å². The molecular formula is C12H15N3O2. The predicted molar refractivity (Wildman–Crippen MR) is 66.0 cm³/mol. The number of nitrogens with two attached hydrogens (primary N) is 1. The van der Waals surface area contributed by atoms with Crippen molar-refractivity contribution in [3.63, 3.8) is 0 Å². The van der Waals surface area contributed by atoms with Crippen LogP contribution in [0, 0.1) is 10.8 Å². The fourth-order valence-corrected chi connectivity index (χ4v) is 2.21. The lowest BCUT2D eigenvalue weighted by Gasteiger charge is -2.32. The van der Waals surface area contributed by atoms with Gasteiger partial charge in [-0.25, -0.2) is 0 Å². The molecule has 0 radical (unpaired) electrons. The fraction of sp³-hybridized carbons (Fsp3) is 0.417. The van der Waals surface area contributed by atoms with Gasteiger partial charge in [0.15, 0.2) is 0 Å². The first-order chi connectivity index (χ1) is 8.22. The number of carbonyl (C=O) groups is 1. The molecule has 1 heterocycles. The van der Waals surface area contributed by atoms with Gasteiger partial charge in [0.1, 0.15) is 5.69 Å². The molecule has 2 rings (SSSR count). The van der Waals surface area contributed by atoms with Crippen LogP contribution in [0.15, 0.2) is 29.4 Å². The number of anilines is 1. The summed E-state index contributed by atoms with van der Waals surface area (Å²) in [6.45, 7) is 1.47. The van der Waals surface area contributed by atoms with E-state index in [1.54, 1.807) is 12.1 Å². The van der Waals surface area contributed by atoms with Gasteiger partial charge in [0.2, 0.25) is 5.91 Å². The summed E-state index contributed by atoms with van der Waals surface area (Å²) in [5.41, 5.74) is 6.57. The minimum Gasteiger partial charge on any atom is -0.370 e. The Morgan fingerprint density at radius 1 is 1.29 bits per heavy atom. The standard InChI is InChI=1S/C12H15N3O2/c13-12(16)9-5-7-15(8-6-9)11-4-2-1-3-10(11)14-17/h1-4,9H,5-8H2,(H2,13,16). The van der Waals surface area contributed by atoms with Crippen LogP contribution in [0.3, 0.4) is 0 Å². The number of amides is 1. The third-order valence-corrected chi connectivity index (χ3v) is 3.22. The van der Waals surface area contributed by atoms with E-state index in [0.29, 0.717) is 5.69 Å². The SMILES string of the molecule is NC(=O)C1CCN(c2ccccc2N=O)CC1. The molecule has 0 aliphatic carbocycles. The third-order valence-electron chi connectivity index (χ3n) is 3.22. The topological polar surface area (TPSA) is 75.8 Å². The quantitative estimate of drug-likeness (QED) is 0.808. The van der Waals surface area contributed by atoms with E-state index in [1.807, 2.05) is 12.1 Å². The third kappa shape index (κ3) is 2.43. The average molecular weight is 233 g/mol. The lowest BCUT2D eigenvalue weighted by Crippen LogP contribution is -2.38. The van der Waals surface area contributed by atoms with Gasteiger partial charge in [-0.05, 0) is 30.2 Å². The van der Waals surface area contributed by atoms with E-state index in [2.05, 4.69) is 10.1 Å². The molecule has 0 aromatic heterocycles. The van der Waals surface area contributed by atoms with Crippen molar-refractivity contribution in [1.82, 2.24) is 0 Å². The minimum absolute atomic E-state index is 0.0393. The largest absolute Gasteiger partial charge is 0.370 e. The van der Waals surface area contributed by atoms with Crippen LogP contribution in [0.25, 0.3) is 0 Å². The van der Waals surface area contributed by atoms with Crippen LogP contribution in [0.4, 0.5) is 11.4 Å². The van der Waals surface area contributed by atoms with Crippen LogP contribution in [0.1, 0.15) is 12.8 Å². The van der Waals surface area contributed by atoms with Crippen LogP contribution in [0.5, 0.6) is 0 Å². The summed E-state index contributed by atoms with van der Waals surface area (Å²) in [4.78, 5) is 23.8. The number of piperidine rings is 1. The maximum absolute atomic E-state index is 11.1. The van der Waals surface area contributed by atoms with E-state index in [-0.39, 0.29) is 11.8 Å². The van der Waals surface area contributed by atoms with Crippen molar-refractivity contribution in [2.24, 2.45) is 16.8 Å². The van der Waals surface area contributed by atoms with E-state index in [1.165, 1.54) is 0 Å². The minimum atomic E-state index is -0.230. The summed E-state index contributed by atoms with van der Waals surface area (Å²) in [6, 6.07) is 7.24. The lowest BCUT2D eigenvalue weighted by atomic mass is 9.96. The highest BCUT2D eigenvalue weighted by atomic mass is 16.3. The average Bonchev–Trinajstić information content (AvgIpc) is 2.39. The molecule has 1 saturated heterocycles. The lowest BCUT2D eigenvalue weighted by molar-refractivity contribution is -0.122. The number of para-hydroxylation sites is 1. The zero-order valence-corrected chi connectivity index (χ0v) is 9.50. The molecule has 1 amide bonds. The second-order valence-corrected chi connectivity index (χ2v) is 4.24. The number of rotatable bonds is 3. The molecule has 0 spiro atoms. The Kier molecular flexibility index (Phi) is 3.37. The molecule has 5 heteroatoms. The summed E-state index contributed by atoms with van der Waals surface area (Å²) in [5, 5.41) is 3.02. The molecule has 1 aliphatic rings. The van der Waals surface area contributed by atoms with Crippen molar-refractivity contribution < 1.29 is 4.79 Å². The molecule has 17 heavy (non-hydrogen) atoms. The molecule has 1 aromatic carbocycles. The Balaban J connectivity index is 2.10. The number of hydrogen-bond donors (Lipinski definition) is 1. The molecule has 0 unspecified atom stereocenters. The maximum atomic E-state index is 11.1.